The number of aliphatic carboxylic acids is 2. The molecule has 1 heterocycles. The number of carbonyl (C=O) groups is 7. The fourth-order valence-electron chi connectivity index (χ4n) is 3.01. The lowest BCUT2D eigenvalue weighted by Gasteiger charge is -2.29. The lowest BCUT2D eigenvalue weighted by atomic mass is 10.1. The molecular weight excluding hydrogens is 506 g/mol. The van der Waals surface area contributed by atoms with E-state index in [1.54, 1.807) is 6.92 Å². The van der Waals surface area contributed by atoms with Gasteiger partial charge < -0.3 is 25.4 Å². The van der Waals surface area contributed by atoms with Gasteiger partial charge >= 0.3 is 24.1 Å². The molecule has 14 nitrogen and oxygen atoms in total. The summed E-state index contributed by atoms with van der Waals surface area (Å²) < 4.78 is 5.03. The van der Waals surface area contributed by atoms with Crippen LogP contribution >= 0.6 is 0 Å². The molecular formula is C24H33N3O11. The number of carboxylic acid groups (broad SMARTS) is 3. The molecule has 1 aliphatic heterocycles. The van der Waals surface area contributed by atoms with Gasteiger partial charge in [-0.1, -0.05) is 36.8 Å². The SMILES string of the molecule is CC(CCC(=O)O)N1C(=O)CC(=O)NC1=O.O=C(O)CCCCCNC(=O)OCc1ccccc1.O=CO. The van der Waals surface area contributed by atoms with Crippen LogP contribution in [0.3, 0.4) is 0 Å². The van der Waals surface area contributed by atoms with E-state index < -0.39 is 41.9 Å². The van der Waals surface area contributed by atoms with Crippen LogP contribution in [0.4, 0.5) is 9.59 Å². The van der Waals surface area contributed by atoms with Crippen LogP contribution in [0.15, 0.2) is 30.3 Å². The van der Waals surface area contributed by atoms with Gasteiger partial charge in [-0.15, -0.1) is 0 Å². The summed E-state index contributed by atoms with van der Waals surface area (Å²) in [5, 5.41) is 28.5. The molecule has 1 aliphatic rings. The number of hydrogen-bond acceptors (Lipinski definition) is 8. The summed E-state index contributed by atoms with van der Waals surface area (Å²) in [5.41, 5.74) is 0.944. The second kappa shape index (κ2) is 19.7. The van der Waals surface area contributed by atoms with E-state index in [1.807, 2.05) is 35.6 Å². The van der Waals surface area contributed by atoms with E-state index in [4.69, 9.17) is 24.9 Å². The number of ether oxygens (including phenoxy) is 1. The Morgan fingerprint density at radius 3 is 2.21 bits per heavy atom. The molecule has 1 aromatic carbocycles. The van der Waals surface area contributed by atoms with Crippen molar-refractivity contribution in [3.63, 3.8) is 0 Å². The number of nitrogens with one attached hydrogen (secondary N) is 2. The highest BCUT2D eigenvalue weighted by Gasteiger charge is 2.34. The first kappa shape index (κ1) is 33.5. The number of rotatable bonds is 12. The molecule has 0 radical (unpaired) electrons. The molecule has 1 fully saturated rings. The van der Waals surface area contributed by atoms with E-state index in [0.717, 1.165) is 23.3 Å². The number of hydrogen-bond donors (Lipinski definition) is 5. The van der Waals surface area contributed by atoms with Gasteiger partial charge in [0.15, 0.2) is 0 Å². The third-order valence-electron chi connectivity index (χ3n) is 4.81. The molecule has 0 bridgehead atoms. The number of alkyl carbamates (subject to hydrolysis) is 1. The lowest BCUT2D eigenvalue weighted by molar-refractivity contribution is -0.140. The first-order chi connectivity index (χ1) is 18.0. The van der Waals surface area contributed by atoms with Gasteiger partial charge in [0.1, 0.15) is 13.0 Å². The van der Waals surface area contributed by atoms with Crippen molar-refractivity contribution in [1.29, 1.82) is 0 Å². The van der Waals surface area contributed by atoms with Crippen molar-refractivity contribution in [3.8, 4) is 0 Å². The number of benzene rings is 1. The van der Waals surface area contributed by atoms with Gasteiger partial charge in [-0.25, -0.2) is 9.59 Å². The monoisotopic (exact) mass is 539 g/mol. The summed E-state index contributed by atoms with van der Waals surface area (Å²) in [4.78, 5) is 74.8. The van der Waals surface area contributed by atoms with Crippen molar-refractivity contribution >= 4 is 42.3 Å². The minimum absolute atomic E-state index is 0.133. The van der Waals surface area contributed by atoms with Gasteiger partial charge in [0.25, 0.3) is 6.47 Å². The zero-order valence-electron chi connectivity index (χ0n) is 21.0. The Bertz CT molecular complexity index is 918. The van der Waals surface area contributed by atoms with Gasteiger partial charge in [-0.2, -0.15) is 0 Å². The van der Waals surface area contributed by atoms with Crippen LogP contribution in [-0.4, -0.2) is 75.2 Å². The highest BCUT2D eigenvalue weighted by molar-refractivity contribution is 6.14. The molecule has 0 saturated carbocycles. The molecule has 5 amide bonds. The lowest BCUT2D eigenvalue weighted by Crippen LogP contribution is -2.55. The van der Waals surface area contributed by atoms with Crippen molar-refractivity contribution in [2.45, 2.75) is 64.5 Å². The van der Waals surface area contributed by atoms with Crippen LogP contribution in [0.25, 0.3) is 0 Å². The Kier molecular flexibility index (Phi) is 17.3. The minimum Gasteiger partial charge on any atom is -0.483 e. The van der Waals surface area contributed by atoms with Crippen LogP contribution in [0, 0.1) is 0 Å². The molecule has 0 spiro atoms. The molecule has 1 aromatic rings. The largest absolute Gasteiger partial charge is 0.483 e. The van der Waals surface area contributed by atoms with Gasteiger partial charge in [-0.3, -0.25) is 34.2 Å². The van der Waals surface area contributed by atoms with Crippen LogP contribution in [0.5, 0.6) is 0 Å². The predicted molar refractivity (Wildman–Crippen MR) is 131 cm³/mol. The number of imide groups is 2. The average molecular weight is 540 g/mol. The maximum Gasteiger partial charge on any atom is 0.407 e. The molecule has 1 saturated heterocycles. The van der Waals surface area contributed by atoms with E-state index in [-0.39, 0.29) is 38.8 Å². The maximum absolute atomic E-state index is 11.4. The summed E-state index contributed by atoms with van der Waals surface area (Å²) in [7, 11) is 0. The zero-order valence-corrected chi connectivity index (χ0v) is 21.0. The molecule has 38 heavy (non-hydrogen) atoms. The molecule has 0 aromatic heterocycles. The molecule has 5 N–H and O–H groups in total. The fraction of sp³-hybridized carbons (Fsp3) is 0.458. The van der Waals surface area contributed by atoms with Crippen LogP contribution in [-0.2, 0) is 35.3 Å². The first-order valence-corrected chi connectivity index (χ1v) is 11.6. The highest BCUT2D eigenvalue weighted by atomic mass is 16.5. The van der Waals surface area contributed by atoms with Crippen LogP contribution in [0.2, 0.25) is 0 Å². The van der Waals surface area contributed by atoms with E-state index >= 15 is 0 Å². The number of carboxylic acids is 2. The Morgan fingerprint density at radius 2 is 1.66 bits per heavy atom. The smallest absolute Gasteiger partial charge is 0.407 e. The second-order valence-corrected chi connectivity index (χ2v) is 7.87. The third kappa shape index (κ3) is 16.2. The van der Waals surface area contributed by atoms with E-state index in [9.17, 15) is 28.8 Å². The Labute approximate surface area is 218 Å². The average Bonchev–Trinajstić information content (AvgIpc) is 2.84. The molecule has 1 atom stereocenters. The summed E-state index contributed by atoms with van der Waals surface area (Å²) in [5.74, 6) is -2.99. The molecule has 14 heteroatoms. The van der Waals surface area contributed by atoms with E-state index in [2.05, 4.69) is 5.32 Å². The number of urea groups is 1. The third-order valence-corrected chi connectivity index (χ3v) is 4.81. The summed E-state index contributed by atoms with van der Waals surface area (Å²) in [6.45, 7) is 2.08. The van der Waals surface area contributed by atoms with Crippen molar-refractivity contribution in [2.24, 2.45) is 0 Å². The Balaban J connectivity index is 0.000000660. The predicted octanol–water partition coefficient (Wildman–Crippen LogP) is 1.97. The molecule has 0 aliphatic carbocycles. The number of nitrogens with zero attached hydrogens (tertiary/aromatic N) is 1. The Morgan fingerprint density at radius 1 is 1.05 bits per heavy atom. The standard InChI is InChI=1S/C14H19NO4.C9H12N2O5.CH2O2/c16-13(17)9-5-2-6-10-15-14(18)19-11-12-7-3-1-4-8-12;1-5(2-3-8(14)15)11-7(13)4-6(12)10-9(11)16;2-1-3/h1,3-4,7-8H,2,5-6,9-11H2,(H,15,18)(H,16,17);5H,2-4H2,1H3,(H,14,15)(H,10,12,16);1H,(H,2,3). The first-order valence-electron chi connectivity index (χ1n) is 11.6. The van der Waals surface area contributed by atoms with Gasteiger partial charge in [0, 0.05) is 25.4 Å². The number of carbonyl (C=O) groups excluding carboxylic acids is 4. The van der Waals surface area contributed by atoms with Gasteiger partial charge in [-0.05, 0) is 31.7 Å². The minimum atomic E-state index is -0.993. The highest BCUT2D eigenvalue weighted by Crippen LogP contribution is 2.12. The molecule has 2 rings (SSSR count). The van der Waals surface area contributed by atoms with Gasteiger partial charge in [0.05, 0.1) is 0 Å². The quantitative estimate of drug-likeness (QED) is 0.147. The molecule has 1 unspecified atom stereocenters. The second-order valence-electron chi connectivity index (χ2n) is 7.87. The van der Waals surface area contributed by atoms with Crippen molar-refractivity contribution in [1.82, 2.24) is 15.5 Å². The number of unbranched alkanes of at least 4 members (excludes halogenated alkanes) is 2. The van der Waals surface area contributed by atoms with Crippen LogP contribution < -0.4 is 10.6 Å². The van der Waals surface area contributed by atoms with Crippen molar-refractivity contribution < 1.29 is 53.6 Å². The van der Waals surface area contributed by atoms with Gasteiger partial charge in [0.2, 0.25) is 11.8 Å². The maximum atomic E-state index is 11.4. The molecule has 210 valence electrons. The number of amides is 5. The van der Waals surface area contributed by atoms with Crippen molar-refractivity contribution in [2.75, 3.05) is 6.54 Å². The summed E-state index contributed by atoms with van der Waals surface area (Å²) in [6.07, 6.45) is 1.58. The normalized spacial score (nSPS) is 13.0. The van der Waals surface area contributed by atoms with Crippen molar-refractivity contribution in [3.05, 3.63) is 35.9 Å². The Hall–Kier alpha value is -4.49. The fourth-order valence-corrected chi connectivity index (χ4v) is 3.01. The topological polar surface area (TPSA) is 217 Å². The summed E-state index contributed by atoms with van der Waals surface area (Å²) >= 11 is 0. The van der Waals surface area contributed by atoms with E-state index in [1.165, 1.54) is 0 Å². The van der Waals surface area contributed by atoms with E-state index in [0.29, 0.717) is 13.0 Å². The number of barbiturate groups is 1. The van der Waals surface area contributed by atoms with Crippen LogP contribution in [0.1, 0.15) is 57.4 Å². The summed E-state index contributed by atoms with van der Waals surface area (Å²) in [6, 6.07) is 8.15. The zero-order chi connectivity index (χ0) is 28.9.